The minimum Gasteiger partial charge on any atom is -0.312 e. The number of benzene rings is 1. The van der Waals surface area contributed by atoms with Gasteiger partial charge in [0.25, 0.3) is 0 Å². The van der Waals surface area contributed by atoms with Gasteiger partial charge >= 0.3 is 0 Å². The molecule has 1 saturated heterocycles. The Kier molecular flexibility index (Phi) is 5.94. The first-order valence-electron chi connectivity index (χ1n) is 7.65. The number of rotatable bonds is 5. The van der Waals surface area contributed by atoms with Crippen molar-refractivity contribution in [1.29, 1.82) is 0 Å². The summed E-state index contributed by atoms with van der Waals surface area (Å²) in [5.41, 5.74) is 0. The van der Waals surface area contributed by atoms with Gasteiger partial charge in [-0.3, -0.25) is 0 Å². The second-order valence-electron chi connectivity index (χ2n) is 6.09. The van der Waals surface area contributed by atoms with Crippen LogP contribution in [0, 0.1) is 0 Å². The highest BCUT2D eigenvalue weighted by molar-refractivity contribution is 7.89. The van der Waals surface area contributed by atoms with E-state index < -0.39 is 20.0 Å². The molecule has 1 atom stereocenters. The van der Waals surface area contributed by atoms with Gasteiger partial charge in [-0.05, 0) is 44.0 Å². The summed E-state index contributed by atoms with van der Waals surface area (Å²) < 4.78 is 53.5. The molecule has 2 aliphatic rings. The standard InChI is InChI=1S/C14H21N3O4S2.ClH/c1-11-10-17(9-8-15-11)23(20,21)14-6-4-13(5-7-14)22(18,19)16-12-2-3-12;/h4-7,11-12,15-16H,2-3,8-10H2,1H3;1H. The highest BCUT2D eigenvalue weighted by Gasteiger charge is 2.30. The predicted molar refractivity (Wildman–Crippen MR) is 93.3 cm³/mol. The Morgan fingerprint density at radius 1 is 1.08 bits per heavy atom. The van der Waals surface area contributed by atoms with Gasteiger partial charge in [-0.25, -0.2) is 21.6 Å². The SMILES string of the molecule is CC1CN(S(=O)(=O)c2ccc(S(=O)(=O)NC3CC3)cc2)CCN1.Cl. The third-order valence-electron chi connectivity index (χ3n) is 4.00. The van der Waals surface area contributed by atoms with Crippen molar-refractivity contribution in [2.24, 2.45) is 0 Å². The molecule has 1 aromatic rings. The molecule has 1 aliphatic carbocycles. The zero-order valence-electron chi connectivity index (χ0n) is 13.3. The maximum Gasteiger partial charge on any atom is 0.243 e. The van der Waals surface area contributed by atoms with Gasteiger partial charge in [-0.1, -0.05) is 0 Å². The Bertz CT molecular complexity index is 777. The van der Waals surface area contributed by atoms with Gasteiger partial charge in [0.1, 0.15) is 0 Å². The molecule has 136 valence electrons. The van der Waals surface area contributed by atoms with Crippen molar-refractivity contribution in [1.82, 2.24) is 14.3 Å². The van der Waals surface area contributed by atoms with E-state index in [1.165, 1.54) is 28.6 Å². The van der Waals surface area contributed by atoms with Crippen molar-refractivity contribution < 1.29 is 16.8 Å². The Labute approximate surface area is 149 Å². The van der Waals surface area contributed by atoms with E-state index in [9.17, 15) is 16.8 Å². The first-order valence-corrected chi connectivity index (χ1v) is 10.6. The molecule has 24 heavy (non-hydrogen) atoms. The van der Waals surface area contributed by atoms with E-state index in [1.807, 2.05) is 6.92 Å². The molecule has 0 aromatic heterocycles. The lowest BCUT2D eigenvalue weighted by Crippen LogP contribution is -2.51. The van der Waals surface area contributed by atoms with Gasteiger partial charge in [0, 0.05) is 31.7 Å². The summed E-state index contributed by atoms with van der Waals surface area (Å²) in [4.78, 5) is 0.217. The van der Waals surface area contributed by atoms with Crippen LogP contribution >= 0.6 is 12.4 Å². The molecule has 1 heterocycles. The molecule has 1 aromatic carbocycles. The van der Waals surface area contributed by atoms with Crippen LogP contribution in [0.25, 0.3) is 0 Å². The number of nitrogens with zero attached hydrogens (tertiary/aromatic N) is 1. The quantitative estimate of drug-likeness (QED) is 0.758. The number of halogens is 1. The number of nitrogens with one attached hydrogen (secondary N) is 2. The summed E-state index contributed by atoms with van der Waals surface area (Å²) in [5.74, 6) is 0. The largest absolute Gasteiger partial charge is 0.312 e. The van der Waals surface area contributed by atoms with Crippen LogP contribution in [0.1, 0.15) is 19.8 Å². The van der Waals surface area contributed by atoms with E-state index >= 15 is 0 Å². The lowest BCUT2D eigenvalue weighted by Gasteiger charge is -2.31. The lowest BCUT2D eigenvalue weighted by atomic mass is 10.3. The monoisotopic (exact) mass is 395 g/mol. The molecule has 0 bridgehead atoms. The van der Waals surface area contributed by atoms with E-state index in [4.69, 9.17) is 0 Å². The number of hydrogen-bond acceptors (Lipinski definition) is 5. The fourth-order valence-corrected chi connectivity index (χ4v) is 5.38. The van der Waals surface area contributed by atoms with E-state index in [0.717, 1.165) is 12.8 Å². The van der Waals surface area contributed by atoms with Gasteiger partial charge in [0.15, 0.2) is 0 Å². The molecule has 3 rings (SSSR count). The van der Waals surface area contributed by atoms with Crippen molar-refractivity contribution >= 4 is 32.5 Å². The van der Waals surface area contributed by atoms with Gasteiger partial charge in [0.2, 0.25) is 20.0 Å². The highest BCUT2D eigenvalue weighted by atomic mass is 35.5. The van der Waals surface area contributed by atoms with E-state index in [1.54, 1.807) is 0 Å². The summed E-state index contributed by atoms with van der Waals surface area (Å²) >= 11 is 0. The maximum absolute atomic E-state index is 12.6. The third-order valence-corrected chi connectivity index (χ3v) is 7.42. The first kappa shape index (κ1) is 19.6. The van der Waals surface area contributed by atoms with Crippen molar-refractivity contribution in [3.8, 4) is 0 Å². The second kappa shape index (κ2) is 7.27. The normalized spacial score (nSPS) is 22.8. The molecular formula is C14H22ClN3O4S2. The zero-order chi connectivity index (χ0) is 16.7. The number of sulfonamides is 2. The summed E-state index contributed by atoms with van der Waals surface area (Å²) in [6, 6.07) is 5.55. The van der Waals surface area contributed by atoms with Crippen molar-refractivity contribution in [2.45, 2.75) is 41.6 Å². The topological polar surface area (TPSA) is 95.6 Å². The minimum absolute atomic E-state index is 0. The molecule has 2 fully saturated rings. The third kappa shape index (κ3) is 4.27. The minimum atomic E-state index is -3.59. The molecule has 0 spiro atoms. The molecule has 1 unspecified atom stereocenters. The first-order chi connectivity index (χ1) is 10.8. The maximum atomic E-state index is 12.6. The lowest BCUT2D eigenvalue weighted by molar-refractivity contribution is 0.310. The summed E-state index contributed by atoms with van der Waals surface area (Å²) in [5, 5.41) is 3.19. The fraction of sp³-hybridized carbons (Fsp3) is 0.571. The molecule has 1 saturated carbocycles. The van der Waals surface area contributed by atoms with Crippen LogP contribution in [0.15, 0.2) is 34.1 Å². The molecule has 10 heteroatoms. The molecule has 0 radical (unpaired) electrons. The van der Waals surface area contributed by atoms with Crippen LogP contribution in [0.5, 0.6) is 0 Å². The summed E-state index contributed by atoms with van der Waals surface area (Å²) in [7, 11) is -7.15. The average molecular weight is 396 g/mol. The van der Waals surface area contributed by atoms with Crippen LogP contribution in [0.4, 0.5) is 0 Å². The van der Waals surface area contributed by atoms with Crippen LogP contribution < -0.4 is 10.0 Å². The average Bonchev–Trinajstić information content (AvgIpc) is 3.30. The zero-order valence-corrected chi connectivity index (χ0v) is 15.8. The van der Waals surface area contributed by atoms with Crippen LogP contribution in [0.2, 0.25) is 0 Å². The molecule has 7 nitrogen and oxygen atoms in total. The van der Waals surface area contributed by atoms with Gasteiger partial charge in [0.05, 0.1) is 9.79 Å². The summed E-state index contributed by atoms with van der Waals surface area (Å²) in [6.45, 7) is 3.36. The van der Waals surface area contributed by atoms with E-state index in [2.05, 4.69) is 10.0 Å². The number of hydrogen-bond donors (Lipinski definition) is 2. The van der Waals surface area contributed by atoms with Crippen molar-refractivity contribution in [3.63, 3.8) is 0 Å². The molecule has 1 aliphatic heterocycles. The fourth-order valence-electron chi connectivity index (χ4n) is 2.54. The van der Waals surface area contributed by atoms with Crippen molar-refractivity contribution in [2.75, 3.05) is 19.6 Å². The van der Waals surface area contributed by atoms with Gasteiger partial charge in [-0.15, -0.1) is 12.4 Å². The number of piperazine rings is 1. The van der Waals surface area contributed by atoms with Gasteiger partial charge < -0.3 is 5.32 Å². The smallest absolute Gasteiger partial charge is 0.243 e. The Morgan fingerprint density at radius 3 is 2.21 bits per heavy atom. The molecule has 0 amide bonds. The van der Waals surface area contributed by atoms with E-state index in [0.29, 0.717) is 19.6 Å². The molecular weight excluding hydrogens is 374 g/mol. The second-order valence-corrected chi connectivity index (χ2v) is 9.74. The predicted octanol–water partition coefficient (Wildman–Crippen LogP) is 0.531. The van der Waals surface area contributed by atoms with Gasteiger partial charge in [-0.2, -0.15) is 4.31 Å². The van der Waals surface area contributed by atoms with Crippen LogP contribution in [-0.2, 0) is 20.0 Å². The van der Waals surface area contributed by atoms with Crippen LogP contribution in [-0.4, -0.2) is 52.9 Å². The Hall–Kier alpha value is -0.710. The highest BCUT2D eigenvalue weighted by Crippen LogP contribution is 2.23. The Morgan fingerprint density at radius 2 is 1.67 bits per heavy atom. The molecule has 2 N–H and O–H groups in total. The Balaban J connectivity index is 0.00000208. The van der Waals surface area contributed by atoms with Crippen LogP contribution in [0.3, 0.4) is 0 Å². The summed E-state index contributed by atoms with van der Waals surface area (Å²) in [6.07, 6.45) is 1.71. The van der Waals surface area contributed by atoms with Crippen molar-refractivity contribution in [3.05, 3.63) is 24.3 Å². The van der Waals surface area contributed by atoms with E-state index in [-0.39, 0.29) is 34.3 Å².